The van der Waals surface area contributed by atoms with Gasteiger partial charge in [0.2, 0.25) is 0 Å². The Morgan fingerprint density at radius 2 is 2.26 bits per heavy atom. The second kappa shape index (κ2) is 5.51. The first kappa shape index (κ1) is 12.9. The molecule has 2 aliphatic heterocycles. The van der Waals surface area contributed by atoms with E-state index in [0.717, 1.165) is 25.3 Å². The Bertz CT molecular complexity index is 446. The highest BCUT2D eigenvalue weighted by Gasteiger charge is 2.28. The van der Waals surface area contributed by atoms with E-state index in [9.17, 15) is 0 Å². The molecule has 1 aromatic rings. The number of nitrogens with zero attached hydrogens (tertiary/aromatic N) is 1. The van der Waals surface area contributed by atoms with E-state index in [1.54, 1.807) is 0 Å². The van der Waals surface area contributed by atoms with E-state index in [1.807, 2.05) is 0 Å². The number of likely N-dealkylation sites (tertiary alicyclic amines) is 1. The summed E-state index contributed by atoms with van der Waals surface area (Å²) in [7, 11) is 0. The molecule has 0 bridgehead atoms. The van der Waals surface area contributed by atoms with Gasteiger partial charge in [0, 0.05) is 25.6 Å². The summed E-state index contributed by atoms with van der Waals surface area (Å²) in [4.78, 5) is 2.53. The van der Waals surface area contributed by atoms with E-state index in [1.165, 1.54) is 36.9 Å². The fourth-order valence-electron chi connectivity index (χ4n) is 3.38. The van der Waals surface area contributed by atoms with Crippen molar-refractivity contribution in [3.63, 3.8) is 0 Å². The topological polar surface area (TPSA) is 38.5 Å². The molecule has 3 heteroatoms. The van der Waals surface area contributed by atoms with Crippen molar-refractivity contribution in [3.8, 4) is 5.75 Å². The van der Waals surface area contributed by atoms with Gasteiger partial charge >= 0.3 is 0 Å². The van der Waals surface area contributed by atoms with Crippen LogP contribution in [-0.2, 0) is 6.42 Å². The molecule has 19 heavy (non-hydrogen) atoms. The van der Waals surface area contributed by atoms with Crippen molar-refractivity contribution in [1.29, 1.82) is 0 Å². The van der Waals surface area contributed by atoms with Gasteiger partial charge in [0.25, 0.3) is 0 Å². The Balaban J connectivity index is 1.63. The van der Waals surface area contributed by atoms with Crippen LogP contribution in [0.25, 0.3) is 0 Å². The molecule has 2 unspecified atom stereocenters. The highest BCUT2D eigenvalue weighted by atomic mass is 16.5. The van der Waals surface area contributed by atoms with Gasteiger partial charge in [0.1, 0.15) is 11.9 Å². The number of hydrogen-bond donors (Lipinski definition) is 1. The minimum absolute atomic E-state index is 0.309. The first-order chi connectivity index (χ1) is 9.26. The molecule has 2 aliphatic rings. The van der Waals surface area contributed by atoms with Crippen molar-refractivity contribution in [3.05, 3.63) is 29.3 Å². The predicted octanol–water partition coefficient (Wildman–Crippen LogP) is 2.11. The van der Waals surface area contributed by atoms with Gasteiger partial charge in [0.15, 0.2) is 0 Å². The van der Waals surface area contributed by atoms with Crippen LogP contribution in [0, 0.1) is 6.92 Å². The quantitative estimate of drug-likeness (QED) is 0.904. The van der Waals surface area contributed by atoms with Crippen molar-refractivity contribution in [2.45, 2.75) is 44.8 Å². The van der Waals surface area contributed by atoms with Gasteiger partial charge in [0.05, 0.1) is 0 Å². The summed E-state index contributed by atoms with van der Waals surface area (Å²) in [6.45, 7) is 5.12. The van der Waals surface area contributed by atoms with Crippen LogP contribution in [0.5, 0.6) is 5.75 Å². The third-order valence-corrected chi connectivity index (χ3v) is 4.42. The molecule has 3 nitrogen and oxygen atoms in total. The molecule has 2 atom stereocenters. The van der Waals surface area contributed by atoms with Gasteiger partial charge in [-0.05, 0) is 37.9 Å². The number of hydrogen-bond acceptors (Lipinski definition) is 3. The van der Waals surface area contributed by atoms with Crippen LogP contribution >= 0.6 is 0 Å². The van der Waals surface area contributed by atoms with Gasteiger partial charge in [-0.15, -0.1) is 0 Å². The maximum atomic E-state index is 6.08. The van der Waals surface area contributed by atoms with E-state index in [4.69, 9.17) is 10.5 Å². The van der Waals surface area contributed by atoms with E-state index in [0.29, 0.717) is 12.1 Å². The van der Waals surface area contributed by atoms with Crippen LogP contribution in [0.1, 0.15) is 30.4 Å². The maximum Gasteiger partial charge on any atom is 0.123 e. The summed E-state index contributed by atoms with van der Waals surface area (Å²) >= 11 is 0. The molecule has 0 radical (unpaired) electrons. The lowest BCUT2D eigenvalue weighted by Crippen LogP contribution is -2.48. The molecule has 0 aliphatic carbocycles. The first-order valence-electron chi connectivity index (χ1n) is 7.46. The summed E-state index contributed by atoms with van der Waals surface area (Å²) in [6, 6.07) is 7.06. The minimum Gasteiger partial charge on any atom is -0.488 e. The van der Waals surface area contributed by atoms with Crippen molar-refractivity contribution in [2.24, 2.45) is 5.73 Å². The first-order valence-corrected chi connectivity index (χ1v) is 7.46. The van der Waals surface area contributed by atoms with Gasteiger partial charge in [-0.25, -0.2) is 0 Å². The van der Waals surface area contributed by atoms with Gasteiger partial charge in [-0.3, -0.25) is 4.90 Å². The normalized spacial score (nSPS) is 27.1. The molecule has 2 N–H and O–H groups in total. The van der Waals surface area contributed by atoms with Crippen LogP contribution in [0.4, 0.5) is 0 Å². The maximum absolute atomic E-state index is 6.08. The van der Waals surface area contributed by atoms with Crippen LogP contribution in [0.2, 0.25) is 0 Å². The number of ether oxygens (including phenoxy) is 1. The molecule has 0 amide bonds. The zero-order valence-electron chi connectivity index (χ0n) is 11.8. The fourth-order valence-corrected chi connectivity index (χ4v) is 3.38. The lowest BCUT2D eigenvalue weighted by Gasteiger charge is -2.36. The van der Waals surface area contributed by atoms with Gasteiger partial charge in [-0.2, -0.15) is 0 Å². The average molecular weight is 260 g/mol. The van der Waals surface area contributed by atoms with Crippen LogP contribution in [-0.4, -0.2) is 36.7 Å². The monoisotopic (exact) mass is 260 g/mol. The lowest BCUT2D eigenvalue weighted by molar-refractivity contribution is 0.0935. The third kappa shape index (κ3) is 2.77. The molecular weight excluding hydrogens is 236 g/mol. The fraction of sp³-hybridized carbons (Fsp3) is 0.625. The Hall–Kier alpha value is -1.06. The number of fused-ring (bicyclic) bond motifs is 1. The van der Waals surface area contributed by atoms with Crippen molar-refractivity contribution in [2.75, 3.05) is 19.6 Å². The number of nitrogens with two attached hydrogens (primary N) is 1. The average Bonchev–Trinajstić information content (AvgIpc) is 2.80. The number of rotatable bonds is 3. The standard InChI is InChI=1S/C16H24N2O/c1-12-5-6-16-13(8-12)9-15(19-16)11-18-7-3-2-4-14(18)10-17/h5-6,8,14-15H,2-4,7,9-11,17H2,1H3. The van der Waals surface area contributed by atoms with Crippen LogP contribution in [0.3, 0.4) is 0 Å². The second-order valence-corrected chi connectivity index (χ2v) is 5.94. The highest BCUT2D eigenvalue weighted by Crippen LogP contribution is 2.30. The molecule has 0 spiro atoms. The van der Waals surface area contributed by atoms with Crippen molar-refractivity contribution in [1.82, 2.24) is 4.90 Å². The molecular formula is C16H24N2O. The summed E-state index contributed by atoms with van der Waals surface area (Å²) in [5.74, 6) is 1.08. The zero-order valence-corrected chi connectivity index (χ0v) is 11.8. The van der Waals surface area contributed by atoms with E-state index in [2.05, 4.69) is 30.0 Å². The summed E-state index contributed by atoms with van der Waals surface area (Å²) in [5.41, 5.74) is 8.58. The van der Waals surface area contributed by atoms with E-state index in [-0.39, 0.29) is 0 Å². The molecule has 3 rings (SSSR count). The Kier molecular flexibility index (Phi) is 3.76. The van der Waals surface area contributed by atoms with Gasteiger partial charge < -0.3 is 10.5 Å². The zero-order chi connectivity index (χ0) is 13.2. The molecule has 1 fully saturated rings. The lowest BCUT2D eigenvalue weighted by atomic mass is 10.0. The predicted molar refractivity (Wildman–Crippen MR) is 77.6 cm³/mol. The van der Waals surface area contributed by atoms with Gasteiger partial charge in [-0.1, -0.05) is 24.1 Å². The number of benzene rings is 1. The minimum atomic E-state index is 0.309. The smallest absolute Gasteiger partial charge is 0.123 e. The van der Waals surface area contributed by atoms with Crippen LogP contribution in [0.15, 0.2) is 18.2 Å². The molecule has 1 saturated heterocycles. The largest absolute Gasteiger partial charge is 0.488 e. The van der Waals surface area contributed by atoms with Crippen molar-refractivity contribution < 1.29 is 4.74 Å². The number of piperidine rings is 1. The summed E-state index contributed by atoms with van der Waals surface area (Å²) in [6.07, 6.45) is 5.22. The molecule has 0 saturated carbocycles. The number of aryl methyl sites for hydroxylation is 1. The Labute approximate surface area is 115 Å². The summed E-state index contributed by atoms with van der Waals surface area (Å²) in [5, 5.41) is 0. The Morgan fingerprint density at radius 3 is 3.11 bits per heavy atom. The molecule has 2 heterocycles. The van der Waals surface area contributed by atoms with E-state index < -0.39 is 0 Å². The third-order valence-electron chi connectivity index (χ3n) is 4.42. The highest BCUT2D eigenvalue weighted by molar-refractivity contribution is 5.40. The van der Waals surface area contributed by atoms with E-state index >= 15 is 0 Å². The molecule has 1 aromatic carbocycles. The second-order valence-electron chi connectivity index (χ2n) is 5.94. The molecule has 104 valence electrons. The van der Waals surface area contributed by atoms with Crippen LogP contribution < -0.4 is 10.5 Å². The van der Waals surface area contributed by atoms with Crippen molar-refractivity contribution >= 4 is 0 Å². The Morgan fingerprint density at radius 1 is 1.37 bits per heavy atom. The summed E-state index contributed by atoms with van der Waals surface area (Å²) < 4.78 is 6.08. The molecule has 0 aromatic heterocycles. The SMILES string of the molecule is Cc1ccc2c(c1)CC(CN1CCCCC1CN)O2.